The van der Waals surface area contributed by atoms with E-state index in [1.165, 1.54) is 0 Å². The molecule has 0 fully saturated rings. The molecule has 152 valence electrons. The molecule has 0 saturated carbocycles. The van der Waals surface area contributed by atoms with Crippen LogP contribution in [0.2, 0.25) is 0 Å². The number of aryl methyl sites for hydroxylation is 2. The molecule has 0 bridgehead atoms. The standard InChI is InChI=1S/C23H23N5O2/c1-15-13-16(2)28-23(24-15)25-20(27-28)14-21(29)26-22(17-7-5-4-6-8-17)18-9-11-19(30-3)12-10-18/h4-13,22H,14H2,1-3H3,(H,26,29). The van der Waals surface area contributed by atoms with Gasteiger partial charge >= 0.3 is 0 Å². The number of carbonyl (C=O) groups excluding carboxylic acids is 1. The molecular formula is C23H23N5O2. The van der Waals surface area contributed by atoms with E-state index in [2.05, 4.69) is 20.4 Å². The average molecular weight is 401 g/mol. The zero-order chi connectivity index (χ0) is 21.1. The summed E-state index contributed by atoms with van der Waals surface area (Å²) in [7, 11) is 1.63. The number of nitrogens with zero attached hydrogens (tertiary/aromatic N) is 4. The minimum Gasteiger partial charge on any atom is -0.497 e. The van der Waals surface area contributed by atoms with E-state index in [4.69, 9.17) is 4.74 Å². The molecule has 7 nitrogen and oxygen atoms in total. The second-order valence-corrected chi connectivity index (χ2v) is 7.14. The zero-order valence-electron chi connectivity index (χ0n) is 17.2. The maximum atomic E-state index is 12.9. The third-order valence-electron chi connectivity index (χ3n) is 4.87. The van der Waals surface area contributed by atoms with Crippen molar-refractivity contribution in [2.24, 2.45) is 0 Å². The lowest BCUT2D eigenvalue weighted by Crippen LogP contribution is -2.30. The molecule has 1 N–H and O–H groups in total. The molecule has 2 aromatic carbocycles. The highest BCUT2D eigenvalue weighted by molar-refractivity contribution is 5.78. The van der Waals surface area contributed by atoms with E-state index in [1.807, 2.05) is 74.5 Å². The molecule has 2 aromatic heterocycles. The van der Waals surface area contributed by atoms with Crippen LogP contribution in [0.3, 0.4) is 0 Å². The van der Waals surface area contributed by atoms with Gasteiger partial charge in [-0.3, -0.25) is 4.79 Å². The van der Waals surface area contributed by atoms with Crippen molar-refractivity contribution in [3.63, 3.8) is 0 Å². The van der Waals surface area contributed by atoms with E-state index in [1.54, 1.807) is 11.6 Å². The quantitative estimate of drug-likeness (QED) is 0.537. The number of fused-ring (bicyclic) bond motifs is 1. The number of benzene rings is 2. The molecule has 30 heavy (non-hydrogen) atoms. The lowest BCUT2D eigenvalue weighted by molar-refractivity contribution is -0.121. The van der Waals surface area contributed by atoms with E-state index >= 15 is 0 Å². The molecule has 0 aliphatic rings. The van der Waals surface area contributed by atoms with Crippen LogP contribution in [0.1, 0.15) is 34.4 Å². The summed E-state index contributed by atoms with van der Waals surface area (Å²) in [6, 6.07) is 19.2. The molecule has 0 aliphatic carbocycles. The first-order valence-electron chi connectivity index (χ1n) is 9.71. The SMILES string of the molecule is COc1ccc(C(NC(=O)Cc2nc3nc(C)cc(C)n3n2)c2ccccc2)cc1. The number of aromatic nitrogens is 4. The van der Waals surface area contributed by atoms with Crippen LogP contribution >= 0.6 is 0 Å². The number of hydrogen-bond acceptors (Lipinski definition) is 5. The van der Waals surface area contributed by atoms with Crippen molar-refractivity contribution in [2.75, 3.05) is 7.11 Å². The first-order chi connectivity index (χ1) is 14.5. The van der Waals surface area contributed by atoms with E-state index in [0.29, 0.717) is 11.6 Å². The van der Waals surface area contributed by atoms with Gasteiger partial charge in [0.25, 0.3) is 5.78 Å². The number of hydrogen-bond donors (Lipinski definition) is 1. The Hall–Kier alpha value is -3.74. The molecule has 1 unspecified atom stereocenters. The topological polar surface area (TPSA) is 81.4 Å². The summed E-state index contributed by atoms with van der Waals surface area (Å²) >= 11 is 0. The van der Waals surface area contributed by atoms with Gasteiger partial charge in [-0.2, -0.15) is 4.98 Å². The Balaban J connectivity index is 1.58. The number of rotatable bonds is 6. The van der Waals surface area contributed by atoms with Gasteiger partial charge in [-0.1, -0.05) is 42.5 Å². The van der Waals surface area contributed by atoms with Gasteiger partial charge in [-0.05, 0) is 43.2 Å². The highest BCUT2D eigenvalue weighted by atomic mass is 16.5. The van der Waals surface area contributed by atoms with Gasteiger partial charge in [0, 0.05) is 11.4 Å². The fourth-order valence-electron chi connectivity index (χ4n) is 3.44. The molecule has 4 rings (SSSR count). The van der Waals surface area contributed by atoms with Crippen LogP contribution in [-0.2, 0) is 11.2 Å². The number of carbonyl (C=O) groups is 1. The first kappa shape index (κ1) is 19.6. The maximum absolute atomic E-state index is 12.9. The summed E-state index contributed by atoms with van der Waals surface area (Å²) in [6.07, 6.45) is 0.0708. The summed E-state index contributed by atoms with van der Waals surface area (Å²) in [5.74, 6) is 1.55. The van der Waals surface area contributed by atoms with Gasteiger partial charge in [-0.15, -0.1) is 5.10 Å². The maximum Gasteiger partial charge on any atom is 0.252 e. The number of methoxy groups -OCH3 is 1. The summed E-state index contributed by atoms with van der Waals surface area (Å²) in [5.41, 5.74) is 3.75. The Bertz CT molecular complexity index is 1170. The van der Waals surface area contributed by atoms with E-state index in [0.717, 1.165) is 28.3 Å². The Morgan fingerprint density at radius 3 is 2.43 bits per heavy atom. The Morgan fingerprint density at radius 1 is 1.03 bits per heavy atom. The summed E-state index contributed by atoms with van der Waals surface area (Å²) in [5, 5.41) is 7.55. The van der Waals surface area contributed by atoms with Crippen molar-refractivity contribution < 1.29 is 9.53 Å². The highest BCUT2D eigenvalue weighted by Gasteiger charge is 2.19. The molecule has 7 heteroatoms. The van der Waals surface area contributed by atoms with Crippen molar-refractivity contribution in [2.45, 2.75) is 26.3 Å². The van der Waals surface area contributed by atoms with Gasteiger partial charge in [0.2, 0.25) is 5.91 Å². The zero-order valence-corrected chi connectivity index (χ0v) is 17.2. The molecule has 1 amide bonds. The normalized spacial score (nSPS) is 12.0. The minimum atomic E-state index is -0.288. The van der Waals surface area contributed by atoms with E-state index in [-0.39, 0.29) is 18.4 Å². The van der Waals surface area contributed by atoms with Crippen molar-refractivity contribution in [1.29, 1.82) is 0 Å². The van der Waals surface area contributed by atoms with Crippen LogP contribution in [-0.4, -0.2) is 32.6 Å². The second kappa shape index (κ2) is 8.32. The van der Waals surface area contributed by atoms with E-state index < -0.39 is 0 Å². The van der Waals surface area contributed by atoms with Gasteiger partial charge in [0.05, 0.1) is 19.6 Å². The smallest absolute Gasteiger partial charge is 0.252 e. The monoisotopic (exact) mass is 401 g/mol. The molecule has 0 spiro atoms. The molecule has 2 heterocycles. The minimum absolute atomic E-state index is 0.0708. The van der Waals surface area contributed by atoms with Crippen molar-refractivity contribution in [1.82, 2.24) is 24.9 Å². The van der Waals surface area contributed by atoms with Crippen molar-refractivity contribution in [3.05, 3.63) is 89.0 Å². The van der Waals surface area contributed by atoms with Crippen molar-refractivity contribution >= 4 is 11.7 Å². The van der Waals surface area contributed by atoms with Gasteiger partial charge < -0.3 is 10.1 Å². The van der Waals surface area contributed by atoms with Crippen LogP contribution in [0, 0.1) is 13.8 Å². The molecule has 0 saturated heterocycles. The van der Waals surface area contributed by atoms with Crippen LogP contribution in [0.15, 0.2) is 60.7 Å². The Labute approximate surface area is 174 Å². The summed E-state index contributed by atoms with van der Waals surface area (Å²) < 4.78 is 6.91. The van der Waals surface area contributed by atoms with E-state index in [9.17, 15) is 4.79 Å². The van der Waals surface area contributed by atoms with Crippen LogP contribution in [0.4, 0.5) is 0 Å². The van der Waals surface area contributed by atoms with Gasteiger partial charge in [-0.25, -0.2) is 9.50 Å². The molecule has 1 atom stereocenters. The third kappa shape index (κ3) is 4.15. The summed E-state index contributed by atoms with van der Waals surface area (Å²) in [4.78, 5) is 21.7. The second-order valence-electron chi connectivity index (χ2n) is 7.14. The first-order valence-corrected chi connectivity index (χ1v) is 9.71. The van der Waals surface area contributed by atoms with Crippen LogP contribution in [0.5, 0.6) is 5.75 Å². The molecular weight excluding hydrogens is 378 g/mol. The Kier molecular flexibility index (Phi) is 5.43. The lowest BCUT2D eigenvalue weighted by atomic mass is 9.98. The molecule has 4 aromatic rings. The molecule has 0 aliphatic heterocycles. The number of amides is 1. The van der Waals surface area contributed by atoms with Gasteiger partial charge in [0.1, 0.15) is 5.75 Å². The summed E-state index contributed by atoms with van der Waals surface area (Å²) in [6.45, 7) is 3.85. The third-order valence-corrected chi connectivity index (χ3v) is 4.87. The fourth-order valence-corrected chi connectivity index (χ4v) is 3.44. The Morgan fingerprint density at radius 2 is 1.73 bits per heavy atom. The molecule has 0 radical (unpaired) electrons. The predicted molar refractivity (Wildman–Crippen MR) is 113 cm³/mol. The van der Waals surface area contributed by atoms with Crippen LogP contribution < -0.4 is 10.1 Å². The lowest BCUT2D eigenvalue weighted by Gasteiger charge is -2.20. The largest absolute Gasteiger partial charge is 0.497 e. The average Bonchev–Trinajstić information content (AvgIpc) is 3.15. The number of nitrogens with one attached hydrogen (secondary N) is 1. The van der Waals surface area contributed by atoms with Crippen molar-refractivity contribution in [3.8, 4) is 5.75 Å². The highest BCUT2D eigenvalue weighted by Crippen LogP contribution is 2.24. The van der Waals surface area contributed by atoms with Gasteiger partial charge in [0.15, 0.2) is 5.82 Å². The number of ether oxygens (including phenoxy) is 1. The van der Waals surface area contributed by atoms with Crippen LogP contribution in [0.25, 0.3) is 5.78 Å². The fraction of sp³-hybridized carbons (Fsp3) is 0.217. The predicted octanol–water partition coefficient (Wildman–Crippen LogP) is 3.20.